The normalized spacial score (nSPS) is 31.6. The molecule has 202 valence electrons. The number of aliphatic hydroxyl groups excluding tert-OH is 1. The third kappa shape index (κ3) is 2.91. The number of hydrogen-bond acceptors (Lipinski definition) is 8. The average Bonchev–Trinajstić information content (AvgIpc) is 3.54. The Morgan fingerprint density at radius 1 is 1.10 bits per heavy atom. The van der Waals surface area contributed by atoms with Gasteiger partial charge < -0.3 is 9.84 Å². The molecule has 3 fully saturated rings. The molecule has 5 atom stereocenters. The number of amides is 3. The van der Waals surface area contributed by atoms with Gasteiger partial charge in [0.05, 0.1) is 46.9 Å². The van der Waals surface area contributed by atoms with Crippen molar-refractivity contribution in [1.82, 2.24) is 9.29 Å². The van der Waals surface area contributed by atoms with Crippen LogP contribution in [0.5, 0.6) is 0 Å². The molecule has 0 spiro atoms. The number of aliphatic hydroxyl groups is 1. The Kier molecular flexibility index (Phi) is 4.93. The second kappa shape index (κ2) is 7.94. The van der Waals surface area contributed by atoms with Crippen LogP contribution in [-0.4, -0.2) is 64.4 Å². The first kappa shape index (κ1) is 24.8. The number of carbonyl (C=O) groups excluding carboxylic acids is 3. The minimum absolute atomic E-state index is 0.00547. The smallest absolute Gasteiger partial charge is 0.269 e. The maximum absolute atomic E-state index is 14.1. The molecule has 3 aromatic rings. The Hall–Kier alpha value is -4.18. The number of nitrogens with zero attached hydrogens (tertiary/aromatic N) is 4. The number of benzene rings is 2. The largest absolute Gasteiger partial charge is 0.390 e. The molecule has 2 aromatic carbocycles. The fraction of sp³-hybridized carbons (Fsp3) is 0.321. The topological polar surface area (TPSA) is 139 Å². The SMILES string of the molecule is [C-]#[N+]c1ccc(N2C(=O)[C@@H]3[C@H](C2=O)C2(C)OC3(CCN3C(=O)c4ccccc4S3(=O)=O)C[C@H]2O)c2cccnc12. The fourth-order valence-electron chi connectivity index (χ4n) is 7.03. The van der Waals surface area contributed by atoms with Gasteiger partial charge in [0.25, 0.3) is 15.9 Å². The summed E-state index contributed by atoms with van der Waals surface area (Å²) in [6.45, 7) is 8.76. The van der Waals surface area contributed by atoms with Crippen LogP contribution in [0.1, 0.15) is 30.1 Å². The number of aromatic nitrogens is 1. The molecular weight excluding hydrogens is 536 g/mol. The molecule has 3 amide bonds. The second-order valence-corrected chi connectivity index (χ2v) is 12.6. The third-order valence-electron chi connectivity index (χ3n) is 8.85. The first-order chi connectivity index (χ1) is 19.0. The zero-order chi connectivity index (χ0) is 28.2. The van der Waals surface area contributed by atoms with E-state index in [-0.39, 0.29) is 41.2 Å². The maximum Gasteiger partial charge on any atom is 0.269 e. The van der Waals surface area contributed by atoms with Gasteiger partial charge in [-0.15, -0.1) is 0 Å². The van der Waals surface area contributed by atoms with Crippen molar-refractivity contribution in [1.29, 1.82) is 0 Å². The lowest BCUT2D eigenvalue weighted by atomic mass is 9.66. The molecule has 0 saturated carbocycles. The lowest BCUT2D eigenvalue weighted by molar-refractivity contribution is -0.133. The maximum atomic E-state index is 14.1. The van der Waals surface area contributed by atoms with Crippen molar-refractivity contribution in [3.05, 3.63) is 71.7 Å². The lowest BCUT2D eigenvalue weighted by Crippen LogP contribution is -2.50. The summed E-state index contributed by atoms with van der Waals surface area (Å²) in [6, 6.07) is 12.3. The highest BCUT2D eigenvalue weighted by atomic mass is 32.2. The summed E-state index contributed by atoms with van der Waals surface area (Å²) >= 11 is 0. The molecule has 40 heavy (non-hydrogen) atoms. The zero-order valence-electron chi connectivity index (χ0n) is 21.1. The van der Waals surface area contributed by atoms with E-state index in [1.54, 1.807) is 25.1 Å². The molecule has 1 N–H and O–H groups in total. The summed E-state index contributed by atoms with van der Waals surface area (Å²) in [5.41, 5.74) is -1.77. The van der Waals surface area contributed by atoms with Gasteiger partial charge in [-0.25, -0.2) is 22.5 Å². The van der Waals surface area contributed by atoms with Crippen LogP contribution < -0.4 is 4.90 Å². The lowest BCUT2D eigenvalue weighted by Gasteiger charge is -2.34. The van der Waals surface area contributed by atoms with E-state index in [0.717, 1.165) is 9.21 Å². The molecule has 1 aromatic heterocycles. The Morgan fingerprint density at radius 2 is 1.85 bits per heavy atom. The number of imide groups is 1. The third-order valence-corrected chi connectivity index (χ3v) is 10.7. The number of sulfonamides is 1. The quantitative estimate of drug-likeness (QED) is 0.381. The van der Waals surface area contributed by atoms with Crippen molar-refractivity contribution in [3.8, 4) is 0 Å². The Balaban J connectivity index is 1.27. The molecule has 4 aliphatic rings. The minimum Gasteiger partial charge on any atom is -0.390 e. The summed E-state index contributed by atoms with van der Waals surface area (Å²) in [7, 11) is -4.10. The molecule has 3 saturated heterocycles. The van der Waals surface area contributed by atoms with Gasteiger partial charge in [0, 0.05) is 24.5 Å². The van der Waals surface area contributed by atoms with E-state index in [0.29, 0.717) is 10.9 Å². The number of pyridine rings is 1. The van der Waals surface area contributed by atoms with Crippen molar-refractivity contribution in [3.63, 3.8) is 0 Å². The van der Waals surface area contributed by atoms with Gasteiger partial charge in [-0.3, -0.25) is 19.4 Å². The van der Waals surface area contributed by atoms with Crippen molar-refractivity contribution in [2.24, 2.45) is 11.8 Å². The van der Waals surface area contributed by atoms with Crippen LogP contribution in [0.4, 0.5) is 11.4 Å². The fourth-order valence-corrected chi connectivity index (χ4v) is 8.60. The standard InChI is InChI=1S/C28H22N4O7S/c1-27-20(33)14-28(39-27,11-13-31-24(34)16-6-3-4-8-19(16)40(31,37)38)22-21(27)25(35)32(26(22)36)18-10-9-17(29-2)23-15(18)7-5-12-30-23/h3-10,12,20-22,33H,11,13-14H2,1H3/t20-,21-,22+,27?,28?/m1/s1. The highest BCUT2D eigenvalue weighted by Gasteiger charge is 2.77. The molecule has 12 heteroatoms. The first-order valence-corrected chi connectivity index (χ1v) is 14.2. The van der Waals surface area contributed by atoms with E-state index in [4.69, 9.17) is 11.3 Å². The molecule has 2 bridgehead atoms. The summed E-state index contributed by atoms with van der Waals surface area (Å²) in [5.74, 6) is -3.76. The van der Waals surface area contributed by atoms with Gasteiger partial charge in [-0.05, 0) is 37.6 Å². The molecule has 0 radical (unpaired) electrons. The number of anilines is 1. The van der Waals surface area contributed by atoms with Crippen molar-refractivity contribution < 1.29 is 32.6 Å². The predicted octanol–water partition coefficient (Wildman–Crippen LogP) is 2.42. The van der Waals surface area contributed by atoms with Crippen LogP contribution in [0.15, 0.2) is 59.6 Å². The summed E-state index contributed by atoms with van der Waals surface area (Å²) in [5, 5.41) is 11.5. The van der Waals surface area contributed by atoms with Crippen LogP contribution in [0.3, 0.4) is 0 Å². The number of fused-ring (bicyclic) bond motifs is 7. The molecule has 2 unspecified atom stereocenters. The van der Waals surface area contributed by atoms with E-state index >= 15 is 0 Å². The number of rotatable bonds is 4. The van der Waals surface area contributed by atoms with Crippen molar-refractivity contribution in [2.45, 2.75) is 42.0 Å². The van der Waals surface area contributed by atoms with E-state index in [1.165, 1.54) is 36.5 Å². The van der Waals surface area contributed by atoms with Crippen LogP contribution in [0.2, 0.25) is 0 Å². The average molecular weight is 559 g/mol. The van der Waals surface area contributed by atoms with Crippen LogP contribution in [0.25, 0.3) is 15.7 Å². The van der Waals surface area contributed by atoms with Gasteiger partial charge >= 0.3 is 0 Å². The van der Waals surface area contributed by atoms with E-state index in [9.17, 15) is 27.9 Å². The number of carbonyl (C=O) groups is 3. The summed E-state index contributed by atoms with van der Waals surface area (Å²) in [6.07, 6.45) is 0.364. The van der Waals surface area contributed by atoms with Crippen LogP contribution in [0, 0.1) is 18.4 Å². The Bertz CT molecular complexity index is 1840. The number of ether oxygens (including phenoxy) is 1. The van der Waals surface area contributed by atoms with Gasteiger partial charge in [0.15, 0.2) is 0 Å². The van der Waals surface area contributed by atoms with Gasteiger partial charge in [0.2, 0.25) is 17.5 Å². The highest BCUT2D eigenvalue weighted by Crippen LogP contribution is 2.62. The molecule has 7 rings (SSSR count). The van der Waals surface area contributed by atoms with Gasteiger partial charge in [-0.2, -0.15) is 0 Å². The van der Waals surface area contributed by atoms with Crippen molar-refractivity contribution in [2.75, 3.05) is 11.4 Å². The van der Waals surface area contributed by atoms with Gasteiger partial charge in [0.1, 0.15) is 10.5 Å². The molecule has 5 heterocycles. The molecule has 4 aliphatic heterocycles. The van der Waals surface area contributed by atoms with Crippen LogP contribution >= 0.6 is 0 Å². The van der Waals surface area contributed by atoms with E-state index < -0.39 is 56.9 Å². The molecular formula is C28H22N4O7S. The first-order valence-electron chi connectivity index (χ1n) is 12.7. The molecule has 11 nitrogen and oxygen atoms in total. The number of hydrogen-bond donors (Lipinski definition) is 1. The minimum atomic E-state index is -4.10. The second-order valence-electron chi connectivity index (χ2n) is 10.8. The summed E-state index contributed by atoms with van der Waals surface area (Å²) in [4.78, 5) is 49.8. The highest BCUT2D eigenvalue weighted by molar-refractivity contribution is 7.90. The van der Waals surface area contributed by atoms with E-state index in [1.807, 2.05) is 0 Å². The van der Waals surface area contributed by atoms with E-state index in [2.05, 4.69) is 9.83 Å². The zero-order valence-corrected chi connectivity index (χ0v) is 22.0. The molecule has 0 aliphatic carbocycles. The van der Waals surface area contributed by atoms with Gasteiger partial charge in [-0.1, -0.05) is 24.3 Å². The Labute approximate surface area is 228 Å². The predicted molar refractivity (Wildman–Crippen MR) is 140 cm³/mol. The Morgan fingerprint density at radius 3 is 2.60 bits per heavy atom. The van der Waals surface area contributed by atoms with Crippen LogP contribution in [-0.2, 0) is 24.3 Å². The monoisotopic (exact) mass is 558 g/mol. The summed E-state index contributed by atoms with van der Waals surface area (Å²) < 4.78 is 33.4. The van der Waals surface area contributed by atoms with Crippen molar-refractivity contribution >= 4 is 50.0 Å².